The van der Waals surface area contributed by atoms with E-state index >= 15 is 4.39 Å². The Kier molecular flexibility index (Phi) is 8.43. The predicted molar refractivity (Wildman–Crippen MR) is 132 cm³/mol. The molecule has 1 saturated carbocycles. The van der Waals surface area contributed by atoms with E-state index in [4.69, 9.17) is 16.3 Å². The number of rotatable bonds is 7. The number of ether oxygens (including phenoxy) is 1. The molecule has 0 unspecified atom stereocenters. The standard InChI is InChI=1S/C25H25ClF4N2O6S/c1-39(35,36)32(38-24(34)25(28,29)30)23(33)21-13-20(15-2-3-15)16(12-22(21)27)14-31-10-8-19(9-11-31)37-18-6-4-17(26)5-7-18/h4-7,12-13,15,19H,2-3,8-11,14H2,1H3. The first-order valence-electron chi connectivity index (χ1n) is 12.0. The molecule has 8 nitrogen and oxygen atoms in total. The molecule has 4 rings (SSSR count). The van der Waals surface area contributed by atoms with Crippen molar-refractivity contribution in [3.8, 4) is 5.75 Å². The quantitative estimate of drug-likeness (QED) is 0.336. The summed E-state index contributed by atoms with van der Waals surface area (Å²) in [7, 11) is -4.82. The Morgan fingerprint density at radius 2 is 1.69 bits per heavy atom. The molecule has 1 aliphatic heterocycles. The number of alkyl halides is 3. The van der Waals surface area contributed by atoms with E-state index in [0.717, 1.165) is 25.0 Å². The van der Waals surface area contributed by atoms with Crippen molar-refractivity contribution in [1.82, 2.24) is 9.37 Å². The van der Waals surface area contributed by atoms with Crippen LogP contribution < -0.4 is 4.74 Å². The maximum absolute atomic E-state index is 15.1. The lowest BCUT2D eigenvalue weighted by molar-refractivity contribution is -0.216. The molecule has 14 heteroatoms. The number of carbonyl (C=O) groups excluding carboxylic acids is 2. The summed E-state index contributed by atoms with van der Waals surface area (Å²) in [5, 5.41) is 0.606. The van der Waals surface area contributed by atoms with E-state index in [0.29, 0.717) is 60.6 Å². The number of hydroxylamine groups is 1. The third-order valence-corrected chi connectivity index (χ3v) is 7.48. The number of benzene rings is 2. The number of amides is 1. The smallest absolute Gasteiger partial charge is 0.490 e. The summed E-state index contributed by atoms with van der Waals surface area (Å²) in [5.74, 6) is -5.11. The molecule has 2 aliphatic rings. The zero-order valence-corrected chi connectivity index (χ0v) is 22.3. The molecule has 0 atom stereocenters. The molecule has 0 radical (unpaired) electrons. The van der Waals surface area contributed by atoms with Gasteiger partial charge in [-0.3, -0.25) is 9.69 Å². The Bertz CT molecular complexity index is 1340. The third-order valence-electron chi connectivity index (χ3n) is 6.39. The Morgan fingerprint density at radius 1 is 1.08 bits per heavy atom. The van der Waals surface area contributed by atoms with Gasteiger partial charge in [-0.05, 0) is 79.1 Å². The lowest BCUT2D eigenvalue weighted by Gasteiger charge is -2.32. The lowest BCUT2D eigenvalue weighted by atomic mass is 9.97. The van der Waals surface area contributed by atoms with Gasteiger partial charge in [0.2, 0.25) is 0 Å². The lowest BCUT2D eigenvalue weighted by Crippen LogP contribution is -2.42. The van der Waals surface area contributed by atoms with E-state index in [1.165, 1.54) is 0 Å². The van der Waals surface area contributed by atoms with Crippen LogP contribution in [0.3, 0.4) is 0 Å². The van der Waals surface area contributed by atoms with Crippen molar-refractivity contribution >= 4 is 33.5 Å². The van der Waals surface area contributed by atoms with Crippen LogP contribution in [-0.2, 0) is 26.2 Å². The average Bonchev–Trinajstić information content (AvgIpc) is 3.69. The molecule has 2 aromatic carbocycles. The fraction of sp³-hybridized carbons (Fsp3) is 0.440. The van der Waals surface area contributed by atoms with Crippen LogP contribution in [0.25, 0.3) is 0 Å². The molecule has 39 heavy (non-hydrogen) atoms. The maximum Gasteiger partial charge on any atom is 0.493 e. The summed E-state index contributed by atoms with van der Waals surface area (Å²) in [6, 6.07) is 9.28. The normalized spacial score (nSPS) is 17.1. The summed E-state index contributed by atoms with van der Waals surface area (Å²) >= 11 is 5.90. The molecule has 1 heterocycles. The molecule has 0 spiro atoms. The van der Waals surface area contributed by atoms with E-state index < -0.39 is 43.9 Å². The molecule has 1 amide bonds. The number of carbonyl (C=O) groups is 2. The van der Waals surface area contributed by atoms with Crippen molar-refractivity contribution in [2.24, 2.45) is 0 Å². The van der Waals surface area contributed by atoms with Gasteiger partial charge in [0.15, 0.2) is 0 Å². The number of halogens is 5. The SMILES string of the molecule is CS(=O)(=O)N(OC(=O)C(F)(F)F)C(=O)c1cc(C2CC2)c(CN2CCC(Oc3ccc(Cl)cc3)CC2)cc1F. The van der Waals surface area contributed by atoms with Gasteiger partial charge in [-0.25, -0.2) is 17.6 Å². The van der Waals surface area contributed by atoms with E-state index in [-0.39, 0.29) is 12.0 Å². The highest BCUT2D eigenvalue weighted by Gasteiger charge is 2.45. The van der Waals surface area contributed by atoms with Crippen LogP contribution in [0.15, 0.2) is 36.4 Å². The Labute approximate surface area is 227 Å². The van der Waals surface area contributed by atoms with E-state index in [2.05, 4.69) is 9.74 Å². The fourth-order valence-electron chi connectivity index (χ4n) is 4.32. The van der Waals surface area contributed by atoms with Crippen LogP contribution in [0.1, 0.15) is 53.1 Å². The third kappa shape index (κ3) is 7.40. The van der Waals surface area contributed by atoms with Gasteiger partial charge in [0.05, 0.1) is 11.8 Å². The molecule has 2 fully saturated rings. The zero-order chi connectivity index (χ0) is 28.5. The van der Waals surface area contributed by atoms with Crippen molar-refractivity contribution in [2.45, 2.75) is 50.4 Å². The van der Waals surface area contributed by atoms with Gasteiger partial charge in [-0.15, -0.1) is 0 Å². The van der Waals surface area contributed by atoms with Crippen LogP contribution >= 0.6 is 11.6 Å². The minimum atomic E-state index is -5.57. The largest absolute Gasteiger partial charge is 0.493 e. The first-order chi connectivity index (χ1) is 18.2. The second kappa shape index (κ2) is 11.3. The zero-order valence-electron chi connectivity index (χ0n) is 20.7. The first-order valence-corrected chi connectivity index (χ1v) is 14.3. The highest BCUT2D eigenvalue weighted by Crippen LogP contribution is 2.43. The van der Waals surface area contributed by atoms with E-state index in [9.17, 15) is 31.2 Å². The molecule has 0 bridgehead atoms. The Hall–Kier alpha value is -2.90. The summed E-state index contributed by atoms with van der Waals surface area (Å²) in [6.45, 7) is 1.66. The topological polar surface area (TPSA) is 93.2 Å². The average molecular weight is 593 g/mol. The summed E-state index contributed by atoms with van der Waals surface area (Å²) in [5.41, 5.74) is 0.368. The van der Waals surface area contributed by atoms with Gasteiger partial charge in [0.25, 0.3) is 10.0 Å². The second-order valence-corrected chi connectivity index (χ2v) is 11.8. The van der Waals surface area contributed by atoms with Gasteiger partial charge in [0, 0.05) is 24.7 Å². The van der Waals surface area contributed by atoms with Crippen molar-refractivity contribution in [2.75, 3.05) is 19.3 Å². The molecule has 212 valence electrons. The van der Waals surface area contributed by atoms with E-state index in [1.807, 2.05) is 0 Å². The van der Waals surface area contributed by atoms with Crippen LogP contribution in [0.2, 0.25) is 5.02 Å². The van der Waals surface area contributed by atoms with Gasteiger partial charge < -0.3 is 9.57 Å². The number of hydrogen-bond donors (Lipinski definition) is 0. The van der Waals surface area contributed by atoms with Crippen LogP contribution in [0, 0.1) is 5.82 Å². The molecular formula is C25H25ClF4N2O6S. The summed E-state index contributed by atoms with van der Waals surface area (Å²) in [4.78, 5) is 29.9. The molecule has 1 saturated heterocycles. The van der Waals surface area contributed by atoms with Crippen molar-refractivity contribution < 1.29 is 45.1 Å². The molecule has 0 aromatic heterocycles. The van der Waals surface area contributed by atoms with E-state index in [1.54, 1.807) is 24.3 Å². The van der Waals surface area contributed by atoms with Gasteiger partial charge in [-0.2, -0.15) is 13.2 Å². The number of sulfonamides is 1. The summed E-state index contributed by atoms with van der Waals surface area (Å²) < 4.78 is 82.2. The number of piperidine rings is 1. The number of nitrogens with zero attached hydrogens (tertiary/aromatic N) is 2. The van der Waals surface area contributed by atoms with Gasteiger partial charge >= 0.3 is 18.1 Å². The van der Waals surface area contributed by atoms with Crippen LogP contribution in [0.4, 0.5) is 17.6 Å². The van der Waals surface area contributed by atoms with Crippen molar-refractivity contribution in [3.63, 3.8) is 0 Å². The minimum absolute atomic E-state index is 0.0107. The van der Waals surface area contributed by atoms with Crippen molar-refractivity contribution in [3.05, 3.63) is 63.9 Å². The van der Waals surface area contributed by atoms with Crippen LogP contribution in [0.5, 0.6) is 5.75 Å². The molecule has 2 aromatic rings. The van der Waals surface area contributed by atoms with Crippen molar-refractivity contribution in [1.29, 1.82) is 0 Å². The van der Waals surface area contributed by atoms with Gasteiger partial charge in [0.1, 0.15) is 17.7 Å². The Morgan fingerprint density at radius 3 is 2.23 bits per heavy atom. The fourth-order valence-corrected chi connectivity index (χ4v) is 5.05. The Balaban J connectivity index is 1.48. The highest BCUT2D eigenvalue weighted by atomic mass is 35.5. The maximum atomic E-state index is 15.1. The highest BCUT2D eigenvalue weighted by molar-refractivity contribution is 7.88. The molecule has 1 aliphatic carbocycles. The minimum Gasteiger partial charge on any atom is -0.490 e. The number of hydrogen-bond acceptors (Lipinski definition) is 7. The predicted octanol–water partition coefficient (Wildman–Crippen LogP) is 4.82. The molecule has 0 N–H and O–H groups in total. The van der Waals surface area contributed by atoms with Crippen LogP contribution in [-0.4, -0.2) is 61.3 Å². The monoisotopic (exact) mass is 592 g/mol. The molecular weight excluding hydrogens is 568 g/mol. The van der Waals surface area contributed by atoms with Gasteiger partial charge in [-0.1, -0.05) is 16.1 Å². The first kappa shape index (κ1) is 29.1. The summed E-state index contributed by atoms with van der Waals surface area (Å²) in [6.07, 6.45) is -2.28. The second-order valence-electron chi connectivity index (χ2n) is 9.52. The number of likely N-dealkylation sites (tertiary alicyclic amines) is 1.